The minimum atomic E-state index is -0.396. The molecule has 118 valence electrons. The van der Waals surface area contributed by atoms with Crippen molar-refractivity contribution in [1.29, 1.82) is 5.26 Å². The molecule has 0 radical (unpaired) electrons. The van der Waals surface area contributed by atoms with E-state index in [1.165, 1.54) is 4.90 Å². The highest BCUT2D eigenvalue weighted by molar-refractivity contribution is 5.95. The van der Waals surface area contributed by atoms with E-state index >= 15 is 0 Å². The Bertz CT molecular complexity index is 549. The normalized spacial score (nSPS) is 9.86. The van der Waals surface area contributed by atoms with Crippen molar-refractivity contribution in [1.82, 2.24) is 0 Å². The number of anilines is 1. The topological polar surface area (TPSA) is 70.4 Å². The number of aryl methyl sites for hydroxylation is 1. The molecule has 1 aromatic carbocycles. The van der Waals surface area contributed by atoms with Crippen LogP contribution in [0.25, 0.3) is 0 Å². The van der Waals surface area contributed by atoms with Crippen LogP contribution in [0.3, 0.4) is 0 Å². The van der Waals surface area contributed by atoms with Gasteiger partial charge in [-0.05, 0) is 31.0 Å². The zero-order chi connectivity index (χ0) is 16.4. The monoisotopic (exact) mass is 302 g/mol. The second kappa shape index (κ2) is 9.56. The van der Waals surface area contributed by atoms with Crippen molar-refractivity contribution in [2.24, 2.45) is 0 Å². The van der Waals surface area contributed by atoms with Crippen LogP contribution in [0.5, 0.6) is 0 Å². The molecule has 0 aliphatic heterocycles. The molecule has 0 aliphatic rings. The van der Waals surface area contributed by atoms with Gasteiger partial charge in [0.15, 0.2) is 0 Å². The van der Waals surface area contributed by atoms with E-state index < -0.39 is 5.97 Å². The number of hydrogen-bond donors (Lipinski definition) is 0. The highest BCUT2D eigenvalue weighted by atomic mass is 16.5. The van der Waals surface area contributed by atoms with Crippen molar-refractivity contribution in [3.8, 4) is 6.07 Å². The first-order chi connectivity index (χ1) is 10.6. The van der Waals surface area contributed by atoms with Gasteiger partial charge in [-0.1, -0.05) is 25.5 Å². The third-order valence-corrected chi connectivity index (χ3v) is 3.14. The van der Waals surface area contributed by atoms with Gasteiger partial charge in [-0.15, -0.1) is 0 Å². The standard InChI is InChI=1S/C17H22N2O3/c1-3-6-14-7-5-8-15(13-14)19(12-11-18)16(20)9-10-17(21)22-4-2/h5,7-8,13H,3-4,6,9-10,12H2,1-2H3. The largest absolute Gasteiger partial charge is 0.466 e. The van der Waals surface area contributed by atoms with Gasteiger partial charge < -0.3 is 4.74 Å². The summed E-state index contributed by atoms with van der Waals surface area (Å²) in [5.41, 5.74) is 1.82. The van der Waals surface area contributed by atoms with Crippen molar-refractivity contribution in [2.45, 2.75) is 39.5 Å². The lowest BCUT2D eigenvalue weighted by Gasteiger charge is -2.20. The molecule has 0 spiro atoms. The number of ether oxygens (including phenoxy) is 1. The summed E-state index contributed by atoms with van der Waals surface area (Å²) in [7, 11) is 0. The number of rotatable bonds is 8. The maximum atomic E-state index is 12.3. The Balaban J connectivity index is 2.79. The molecule has 0 fully saturated rings. The van der Waals surface area contributed by atoms with Crippen LogP contribution in [0.4, 0.5) is 5.69 Å². The van der Waals surface area contributed by atoms with Gasteiger partial charge in [0, 0.05) is 12.1 Å². The molecule has 5 nitrogen and oxygen atoms in total. The second-order valence-corrected chi connectivity index (χ2v) is 4.86. The van der Waals surface area contributed by atoms with Crippen LogP contribution in [0.15, 0.2) is 24.3 Å². The van der Waals surface area contributed by atoms with Gasteiger partial charge >= 0.3 is 5.97 Å². The quantitative estimate of drug-likeness (QED) is 0.547. The first-order valence-electron chi connectivity index (χ1n) is 7.54. The molecule has 0 N–H and O–H groups in total. The Kier molecular flexibility index (Phi) is 7.69. The lowest BCUT2D eigenvalue weighted by Crippen LogP contribution is -2.31. The van der Waals surface area contributed by atoms with Crippen molar-refractivity contribution < 1.29 is 14.3 Å². The maximum absolute atomic E-state index is 12.3. The van der Waals surface area contributed by atoms with Gasteiger partial charge in [-0.2, -0.15) is 5.26 Å². The SMILES string of the molecule is CCCc1cccc(N(CC#N)C(=O)CCC(=O)OCC)c1. The van der Waals surface area contributed by atoms with E-state index in [4.69, 9.17) is 10.00 Å². The number of esters is 1. The molecule has 0 saturated heterocycles. The van der Waals surface area contributed by atoms with E-state index in [1.54, 1.807) is 13.0 Å². The van der Waals surface area contributed by atoms with Crippen molar-refractivity contribution in [3.05, 3.63) is 29.8 Å². The van der Waals surface area contributed by atoms with Gasteiger partial charge in [-0.25, -0.2) is 0 Å². The molecule has 1 aromatic rings. The fraction of sp³-hybridized carbons (Fsp3) is 0.471. The Morgan fingerprint density at radius 2 is 2.05 bits per heavy atom. The predicted molar refractivity (Wildman–Crippen MR) is 84.3 cm³/mol. The molecule has 1 rings (SSSR count). The van der Waals surface area contributed by atoms with Crippen LogP contribution in [0.1, 0.15) is 38.7 Å². The van der Waals surface area contributed by atoms with Gasteiger partial charge in [0.1, 0.15) is 6.54 Å². The fourth-order valence-corrected chi connectivity index (χ4v) is 2.14. The molecule has 5 heteroatoms. The summed E-state index contributed by atoms with van der Waals surface area (Å²) in [5.74, 6) is -0.643. The Labute approximate surface area is 131 Å². The lowest BCUT2D eigenvalue weighted by atomic mass is 10.1. The van der Waals surface area contributed by atoms with Crippen LogP contribution in [-0.2, 0) is 20.7 Å². The predicted octanol–water partition coefficient (Wildman–Crippen LogP) is 2.84. The molecule has 0 unspecified atom stereocenters. The van der Waals surface area contributed by atoms with Gasteiger partial charge in [0.05, 0.1) is 19.1 Å². The van der Waals surface area contributed by atoms with Gasteiger partial charge in [-0.3, -0.25) is 14.5 Å². The Hall–Kier alpha value is -2.35. The molecule has 0 aliphatic carbocycles. The molecule has 0 bridgehead atoms. The smallest absolute Gasteiger partial charge is 0.306 e. The zero-order valence-corrected chi connectivity index (χ0v) is 13.2. The molecular formula is C17H22N2O3. The molecular weight excluding hydrogens is 280 g/mol. The highest BCUT2D eigenvalue weighted by Gasteiger charge is 2.17. The minimum absolute atomic E-state index is 0.0305. The number of hydrogen-bond acceptors (Lipinski definition) is 4. The van der Waals surface area contributed by atoms with Crippen LogP contribution in [-0.4, -0.2) is 25.0 Å². The number of carbonyl (C=O) groups excluding carboxylic acids is 2. The lowest BCUT2D eigenvalue weighted by molar-refractivity contribution is -0.144. The summed E-state index contributed by atoms with van der Waals surface area (Å²) in [5, 5.41) is 8.95. The molecule has 0 heterocycles. The molecule has 0 saturated carbocycles. The first-order valence-corrected chi connectivity index (χ1v) is 7.54. The molecule has 0 aromatic heterocycles. The van der Waals surface area contributed by atoms with E-state index in [-0.39, 0.29) is 25.3 Å². The fourth-order valence-electron chi connectivity index (χ4n) is 2.14. The van der Waals surface area contributed by atoms with Crippen molar-refractivity contribution >= 4 is 17.6 Å². The maximum Gasteiger partial charge on any atom is 0.306 e. The average Bonchev–Trinajstić information content (AvgIpc) is 2.51. The minimum Gasteiger partial charge on any atom is -0.466 e. The number of nitrogens with zero attached hydrogens (tertiary/aromatic N) is 2. The summed E-state index contributed by atoms with van der Waals surface area (Å²) >= 11 is 0. The molecule has 1 amide bonds. The third kappa shape index (κ3) is 5.57. The Morgan fingerprint density at radius 1 is 1.27 bits per heavy atom. The third-order valence-electron chi connectivity index (χ3n) is 3.14. The summed E-state index contributed by atoms with van der Waals surface area (Å²) in [6, 6.07) is 9.60. The van der Waals surface area contributed by atoms with E-state index in [0.717, 1.165) is 18.4 Å². The van der Waals surface area contributed by atoms with E-state index in [9.17, 15) is 9.59 Å². The Morgan fingerprint density at radius 3 is 2.68 bits per heavy atom. The van der Waals surface area contributed by atoms with Crippen LogP contribution >= 0.6 is 0 Å². The summed E-state index contributed by atoms with van der Waals surface area (Å²) in [6.45, 7) is 4.08. The highest BCUT2D eigenvalue weighted by Crippen LogP contribution is 2.18. The number of amides is 1. The van der Waals surface area contributed by atoms with Crippen molar-refractivity contribution in [2.75, 3.05) is 18.1 Å². The van der Waals surface area contributed by atoms with E-state index in [1.807, 2.05) is 24.3 Å². The number of nitriles is 1. The average molecular weight is 302 g/mol. The first kappa shape index (κ1) is 17.7. The summed E-state index contributed by atoms with van der Waals surface area (Å²) in [6.07, 6.45) is 2.01. The summed E-state index contributed by atoms with van der Waals surface area (Å²) < 4.78 is 4.81. The number of carbonyl (C=O) groups is 2. The second-order valence-electron chi connectivity index (χ2n) is 4.86. The van der Waals surface area contributed by atoms with E-state index in [2.05, 4.69) is 6.92 Å². The van der Waals surface area contributed by atoms with Gasteiger partial charge in [0.25, 0.3) is 0 Å². The molecule has 0 atom stereocenters. The number of benzene rings is 1. The van der Waals surface area contributed by atoms with Gasteiger partial charge in [0.2, 0.25) is 5.91 Å². The summed E-state index contributed by atoms with van der Waals surface area (Å²) in [4.78, 5) is 25.0. The van der Waals surface area contributed by atoms with Crippen molar-refractivity contribution in [3.63, 3.8) is 0 Å². The van der Waals surface area contributed by atoms with Crippen LogP contribution in [0.2, 0.25) is 0 Å². The van der Waals surface area contributed by atoms with Crippen LogP contribution in [0, 0.1) is 11.3 Å². The molecule has 22 heavy (non-hydrogen) atoms. The van der Waals surface area contributed by atoms with E-state index in [0.29, 0.717) is 12.3 Å². The van der Waals surface area contributed by atoms with Crippen LogP contribution < -0.4 is 4.90 Å². The zero-order valence-electron chi connectivity index (χ0n) is 13.2.